The van der Waals surface area contributed by atoms with Crippen molar-refractivity contribution in [2.45, 2.75) is 39.7 Å². The predicted molar refractivity (Wildman–Crippen MR) is 78.5 cm³/mol. The first-order valence-electron chi connectivity index (χ1n) is 6.37. The highest BCUT2D eigenvalue weighted by Gasteiger charge is 2.24. The van der Waals surface area contributed by atoms with E-state index in [-0.39, 0.29) is 17.7 Å². The van der Waals surface area contributed by atoms with Gasteiger partial charge in [0.2, 0.25) is 0 Å². The fraction of sp³-hybridized carbons (Fsp3) is 0.571. The molecule has 2 N–H and O–H groups in total. The van der Waals surface area contributed by atoms with Crippen molar-refractivity contribution in [2.24, 2.45) is 5.41 Å². The number of carbonyl (C=O) groups excluding carboxylic acids is 1. The molecule has 0 saturated heterocycles. The minimum atomic E-state index is -0.919. The molecule has 6 heteroatoms. The van der Waals surface area contributed by atoms with Crippen molar-refractivity contribution in [2.75, 3.05) is 7.11 Å². The summed E-state index contributed by atoms with van der Waals surface area (Å²) in [5.41, 5.74) is -0.0626. The smallest absolute Gasteiger partial charge is 0.305 e. The summed E-state index contributed by atoms with van der Waals surface area (Å²) < 4.78 is 5.10. The molecule has 1 rings (SSSR count). The second kappa shape index (κ2) is 6.74. The van der Waals surface area contributed by atoms with Gasteiger partial charge in [0.15, 0.2) is 0 Å². The number of hydrogen-bond donors (Lipinski definition) is 2. The molecule has 1 atom stereocenters. The summed E-state index contributed by atoms with van der Waals surface area (Å²) in [4.78, 5) is 23.6. The molecule has 0 aliphatic heterocycles. The molecule has 0 saturated carbocycles. The van der Waals surface area contributed by atoms with E-state index in [1.54, 1.807) is 11.4 Å². The second-order valence-corrected chi connectivity index (χ2v) is 6.77. The summed E-state index contributed by atoms with van der Waals surface area (Å²) in [5, 5.41) is 13.5. The van der Waals surface area contributed by atoms with Gasteiger partial charge in [-0.3, -0.25) is 9.59 Å². The standard InChI is InChI=1S/C14H21NO4S/c1-14(2,3)8-9(7-11(16)17)15-13(18)12-10(19-4)5-6-20-12/h5-6,9H,7-8H2,1-4H3,(H,15,18)(H,16,17). The van der Waals surface area contributed by atoms with Crippen LogP contribution in [0.5, 0.6) is 5.75 Å². The molecular formula is C14H21NO4S. The Morgan fingerprint density at radius 3 is 2.60 bits per heavy atom. The van der Waals surface area contributed by atoms with Crippen molar-refractivity contribution >= 4 is 23.2 Å². The molecule has 112 valence electrons. The first kappa shape index (κ1) is 16.5. The van der Waals surface area contributed by atoms with E-state index in [2.05, 4.69) is 5.32 Å². The Morgan fingerprint density at radius 1 is 1.45 bits per heavy atom. The Balaban J connectivity index is 2.78. The number of hydrogen-bond acceptors (Lipinski definition) is 4. The molecule has 1 unspecified atom stereocenters. The van der Waals surface area contributed by atoms with Crippen molar-refractivity contribution in [3.8, 4) is 5.75 Å². The Hall–Kier alpha value is -1.56. The predicted octanol–water partition coefficient (Wildman–Crippen LogP) is 2.77. The Labute approximate surface area is 123 Å². The maximum atomic E-state index is 12.2. The van der Waals surface area contributed by atoms with Crippen LogP contribution in [0, 0.1) is 5.41 Å². The maximum absolute atomic E-state index is 12.2. The van der Waals surface area contributed by atoms with Gasteiger partial charge in [-0.25, -0.2) is 0 Å². The number of methoxy groups -OCH3 is 1. The molecule has 0 fully saturated rings. The molecule has 1 aromatic rings. The monoisotopic (exact) mass is 299 g/mol. The Kier molecular flexibility index (Phi) is 5.56. The highest BCUT2D eigenvalue weighted by molar-refractivity contribution is 7.12. The van der Waals surface area contributed by atoms with Crippen LogP contribution in [0.3, 0.4) is 0 Å². The number of aliphatic carboxylic acids is 1. The van der Waals surface area contributed by atoms with Gasteiger partial charge in [-0.15, -0.1) is 11.3 Å². The van der Waals surface area contributed by atoms with E-state index < -0.39 is 12.0 Å². The topological polar surface area (TPSA) is 75.6 Å². The third-order valence-electron chi connectivity index (χ3n) is 2.67. The van der Waals surface area contributed by atoms with E-state index in [0.717, 1.165) is 0 Å². The fourth-order valence-electron chi connectivity index (χ4n) is 2.00. The van der Waals surface area contributed by atoms with Crippen molar-refractivity contribution in [3.05, 3.63) is 16.3 Å². The molecule has 0 spiro atoms. The lowest BCUT2D eigenvalue weighted by Gasteiger charge is -2.25. The molecule has 20 heavy (non-hydrogen) atoms. The maximum Gasteiger partial charge on any atom is 0.305 e. The summed E-state index contributed by atoms with van der Waals surface area (Å²) in [5.74, 6) is -0.692. The molecule has 5 nitrogen and oxygen atoms in total. The zero-order valence-corrected chi connectivity index (χ0v) is 13.0. The molecule has 0 aliphatic carbocycles. The lowest BCUT2D eigenvalue weighted by Crippen LogP contribution is -2.38. The number of amides is 1. The average Bonchev–Trinajstić information content (AvgIpc) is 2.73. The number of carbonyl (C=O) groups is 2. The zero-order chi connectivity index (χ0) is 15.3. The van der Waals surface area contributed by atoms with Gasteiger partial charge in [0, 0.05) is 6.04 Å². The van der Waals surface area contributed by atoms with Crippen molar-refractivity contribution in [1.29, 1.82) is 0 Å². The van der Waals surface area contributed by atoms with Crippen LogP contribution in [0.4, 0.5) is 0 Å². The number of carboxylic acid groups (broad SMARTS) is 1. The van der Waals surface area contributed by atoms with Crippen molar-refractivity contribution in [3.63, 3.8) is 0 Å². The van der Waals surface area contributed by atoms with Gasteiger partial charge < -0.3 is 15.2 Å². The fourth-order valence-corrected chi connectivity index (χ4v) is 2.76. The first-order valence-corrected chi connectivity index (χ1v) is 7.25. The third-order valence-corrected chi connectivity index (χ3v) is 3.56. The SMILES string of the molecule is COc1ccsc1C(=O)NC(CC(=O)O)CC(C)(C)C. The van der Waals surface area contributed by atoms with Gasteiger partial charge in [0.1, 0.15) is 10.6 Å². The van der Waals surface area contributed by atoms with E-state index in [9.17, 15) is 9.59 Å². The molecule has 0 aliphatic rings. The average molecular weight is 299 g/mol. The van der Waals surface area contributed by atoms with Crippen LogP contribution in [-0.2, 0) is 4.79 Å². The van der Waals surface area contributed by atoms with E-state index in [1.807, 2.05) is 20.8 Å². The van der Waals surface area contributed by atoms with E-state index in [1.165, 1.54) is 18.4 Å². The minimum absolute atomic E-state index is 0.0626. The molecule has 0 radical (unpaired) electrons. The van der Waals surface area contributed by atoms with Gasteiger partial charge in [0.25, 0.3) is 5.91 Å². The van der Waals surface area contributed by atoms with Crippen LogP contribution in [0.15, 0.2) is 11.4 Å². The summed E-state index contributed by atoms with van der Waals surface area (Å²) in [6.45, 7) is 6.04. The Bertz CT molecular complexity index is 476. The molecule has 1 heterocycles. The molecule has 1 aromatic heterocycles. The molecule has 0 aromatic carbocycles. The van der Waals surface area contributed by atoms with Crippen LogP contribution in [0.2, 0.25) is 0 Å². The van der Waals surface area contributed by atoms with Gasteiger partial charge in [-0.05, 0) is 23.3 Å². The largest absolute Gasteiger partial charge is 0.495 e. The summed E-state index contributed by atoms with van der Waals surface area (Å²) in [6, 6.07) is 1.32. The number of carboxylic acids is 1. The first-order chi connectivity index (χ1) is 9.23. The van der Waals surface area contributed by atoms with Crippen molar-refractivity contribution in [1.82, 2.24) is 5.32 Å². The molecular weight excluding hydrogens is 278 g/mol. The quantitative estimate of drug-likeness (QED) is 0.847. The summed E-state index contributed by atoms with van der Waals surface area (Å²) in [6.07, 6.45) is 0.509. The Morgan fingerprint density at radius 2 is 2.10 bits per heavy atom. The van der Waals surface area contributed by atoms with Gasteiger partial charge in [-0.2, -0.15) is 0 Å². The number of thiophene rings is 1. The van der Waals surface area contributed by atoms with E-state index in [4.69, 9.17) is 9.84 Å². The van der Waals surface area contributed by atoms with Crippen LogP contribution >= 0.6 is 11.3 Å². The lowest BCUT2D eigenvalue weighted by molar-refractivity contribution is -0.137. The number of nitrogens with one attached hydrogen (secondary N) is 1. The van der Waals surface area contributed by atoms with Gasteiger partial charge in [-0.1, -0.05) is 20.8 Å². The van der Waals surface area contributed by atoms with Crippen molar-refractivity contribution < 1.29 is 19.4 Å². The normalized spacial score (nSPS) is 12.8. The van der Waals surface area contributed by atoms with Crippen LogP contribution < -0.4 is 10.1 Å². The van der Waals surface area contributed by atoms with Crippen LogP contribution in [0.1, 0.15) is 43.3 Å². The summed E-state index contributed by atoms with van der Waals surface area (Å²) >= 11 is 1.28. The van der Waals surface area contributed by atoms with E-state index in [0.29, 0.717) is 17.0 Å². The molecule has 0 bridgehead atoms. The van der Waals surface area contributed by atoms with Crippen LogP contribution in [-0.4, -0.2) is 30.1 Å². The summed E-state index contributed by atoms with van der Waals surface area (Å²) in [7, 11) is 1.50. The van der Waals surface area contributed by atoms with Gasteiger partial charge >= 0.3 is 5.97 Å². The van der Waals surface area contributed by atoms with Crippen LogP contribution in [0.25, 0.3) is 0 Å². The third kappa shape index (κ3) is 5.21. The molecule has 1 amide bonds. The van der Waals surface area contributed by atoms with Gasteiger partial charge in [0.05, 0.1) is 13.5 Å². The highest BCUT2D eigenvalue weighted by atomic mass is 32.1. The number of ether oxygens (including phenoxy) is 1. The minimum Gasteiger partial charge on any atom is -0.495 e. The van der Waals surface area contributed by atoms with E-state index >= 15 is 0 Å². The zero-order valence-electron chi connectivity index (χ0n) is 12.2. The second-order valence-electron chi connectivity index (χ2n) is 5.85. The lowest BCUT2D eigenvalue weighted by atomic mass is 9.87. The highest BCUT2D eigenvalue weighted by Crippen LogP contribution is 2.26. The number of rotatable bonds is 6.